The van der Waals surface area contributed by atoms with Crippen LogP contribution in [0.5, 0.6) is 0 Å². The first-order chi connectivity index (χ1) is 9.53. The molecule has 0 heterocycles. The van der Waals surface area contributed by atoms with E-state index in [1.165, 1.54) is 0 Å². The quantitative estimate of drug-likeness (QED) is 0.691. The number of hydrogen-bond acceptors (Lipinski definition) is 5. The van der Waals surface area contributed by atoms with Crippen molar-refractivity contribution in [3.8, 4) is 0 Å². The molecule has 0 aromatic carbocycles. The zero-order valence-electron chi connectivity index (χ0n) is 12.7. The van der Waals surface area contributed by atoms with Crippen molar-refractivity contribution in [3.05, 3.63) is 11.6 Å². The summed E-state index contributed by atoms with van der Waals surface area (Å²) in [6.45, 7) is 6.28. The molecule has 0 fully saturated rings. The molecule has 1 aliphatic rings. The van der Waals surface area contributed by atoms with E-state index in [1.807, 2.05) is 19.9 Å². The average molecular weight is 285 g/mol. The molecule has 0 aromatic heterocycles. The molecule has 20 heavy (non-hydrogen) atoms. The number of carbonyl (C=O) groups is 1. The second kappa shape index (κ2) is 8.39. The molecule has 1 aliphatic carbocycles. The highest BCUT2D eigenvalue weighted by molar-refractivity contribution is 5.88. The van der Waals surface area contributed by atoms with Crippen molar-refractivity contribution >= 4 is 5.97 Å². The van der Waals surface area contributed by atoms with Gasteiger partial charge in [0.15, 0.2) is 0 Å². The monoisotopic (exact) mass is 285 g/mol. The molecule has 0 amide bonds. The van der Waals surface area contributed by atoms with E-state index in [-0.39, 0.29) is 36.7 Å². The highest BCUT2D eigenvalue weighted by Gasteiger charge is 2.32. The van der Waals surface area contributed by atoms with Gasteiger partial charge in [0.1, 0.15) is 0 Å². The predicted octanol–water partition coefficient (Wildman–Crippen LogP) is 1.39. The smallest absolute Gasteiger partial charge is 0.333 e. The molecule has 3 N–H and O–H groups in total. The molecule has 4 atom stereocenters. The molecular weight excluding hydrogens is 258 g/mol. The fourth-order valence-corrected chi connectivity index (χ4v) is 2.37. The van der Waals surface area contributed by atoms with E-state index in [2.05, 4.69) is 0 Å². The Balaban J connectivity index is 2.79. The summed E-state index contributed by atoms with van der Waals surface area (Å²) in [7, 11) is 0. The first-order valence-corrected chi connectivity index (χ1v) is 7.43. The minimum atomic E-state index is -0.307. The Morgan fingerprint density at radius 1 is 1.55 bits per heavy atom. The zero-order chi connectivity index (χ0) is 15.1. The number of rotatable bonds is 7. The SMILES string of the molecule is CCOC(=O)C1=C[C@@H](O[C@@H](CC)CCO)[C@H](C)[C@@H](N)C1. The molecule has 5 nitrogen and oxygen atoms in total. The lowest BCUT2D eigenvalue weighted by molar-refractivity contribution is -0.139. The summed E-state index contributed by atoms with van der Waals surface area (Å²) in [4.78, 5) is 11.8. The molecule has 1 rings (SSSR count). The van der Waals surface area contributed by atoms with Crippen molar-refractivity contribution in [3.63, 3.8) is 0 Å². The van der Waals surface area contributed by atoms with Crippen LogP contribution in [-0.4, -0.2) is 42.5 Å². The number of carbonyl (C=O) groups excluding carboxylic acids is 1. The standard InChI is InChI=1S/C15H27NO4/c1-4-12(6-7-17)20-14-9-11(15(18)19-5-2)8-13(16)10(14)3/h9-10,12-14,17H,4-8,16H2,1-3H3/t10-,12+,13+,14-/m1/s1. The van der Waals surface area contributed by atoms with E-state index < -0.39 is 0 Å². The molecule has 116 valence electrons. The fraction of sp³-hybridized carbons (Fsp3) is 0.800. The van der Waals surface area contributed by atoms with Gasteiger partial charge in [-0.3, -0.25) is 0 Å². The van der Waals surface area contributed by atoms with Gasteiger partial charge in [0.25, 0.3) is 0 Å². The number of aliphatic hydroxyl groups excluding tert-OH is 1. The summed E-state index contributed by atoms with van der Waals surface area (Å²) in [5, 5.41) is 9.03. The third kappa shape index (κ3) is 4.58. The summed E-state index contributed by atoms with van der Waals surface area (Å²) in [6, 6.07) is -0.115. The van der Waals surface area contributed by atoms with Crippen LogP contribution in [0, 0.1) is 5.92 Å². The van der Waals surface area contributed by atoms with Crippen molar-refractivity contribution < 1.29 is 19.4 Å². The summed E-state index contributed by atoms with van der Waals surface area (Å²) in [6.07, 6.45) is 3.56. The molecular formula is C15H27NO4. The summed E-state index contributed by atoms with van der Waals surface area (Å²) >= 11 is 0. The Morgan fingerprint density at radius 2 is 2.25 bits per heavy atom. The van der Waals surface area contributed by atoms with Gasteiger partial charge in [-0.15, -0.1) is 0 Å². The van der Waals surface area contributed by atoms with Gasteiger partial charge in [0.05, 0.1) is 18.8 Å². The van der Waals surface area contributed by atoms with Crippen LogP contribution in [-0.2, 0) is 14.3 Å². The van der Waals surface area contributed by atoms with Crippen LogP contribution in [0.3, 0.4) is 0 Å². The van der Waals surface area contributed by atoms with Gasteiger partial charge >= 0.3 is 5.97 Å². The van der Waals surface area contributed by atoms with E-state index in [0.717, 1.165) is 6.42 Å². The van der Waals surface area contributed by atoms with Crippen LogP contribution in [0.1, 0.15) is 40.0 Å². The Kier molecular flexibility index (Phi) is 7.19. The lowest BCUT2D eigenvalue weighted by Gasteiger charge is -2.34. The van der Waals surface area contributed by atoms with E-state index in [9.17, 15) is 4.79 Å². The highest BCUT2D eigenvalue weighted by Crippen LogP contribution is 2.27. The van der Waals surface area contributed by atoms with E-state index in [1.54, 1.807) is 6.92 Å². The molecule has 5 heteroatoms. The molecule has 0 aliphatic heterocycles. The maximum Gasteiger partial charge on any atom is 0.333 e. The highest BCUT2D eigenvalue weighted by atomic mass is 16.5. The Labute approximate surface area is 121 Å². The maximum atomic E-state index is 11.8. The van der Waals surface area contributed by atoms with Crippen molar-refractivity contribution in [2.75, 3.05) is 13.2 Å². The van der Waals surface area contributed by atoms with Gasteiger partial charge in [0.2, 0.25) is 0 Å². The van der Waals surface area contributed by atoms with E-state index >= 15 is 0 Å². The largest absolute Gasteiger partial charge is 0.463 e. The van der Waals surface area contributed by atoms with Crippen LogP contribution in [0.4, 0.5) is 0 Å². The average Bonchev–Trinajstić information content (AvgIpc) is 2.43. The van der Waals surface area contributed by atoms with Crippen molar-refractivity contribution in [1.82, 2.24) is 0 Å². The van der Waals surface area contributed by atoms with Crippen molar-refractivity contribution in [2.24, 2.45) is 11.7 Å². The second-order valence-corrected chi connectivity index (χ2v) is 5.28. The van der Waals surface area contributed by atoms with E-state index in [0.29, 0.717) is 25.0 Å². The number of aliphatic hydroxyl groups is 1. The normalized spacial score (nSPS) is 27.9. The molecule has 0 bridgehead atoms. The minimum Gasteiger partial charge on any atom is -0.463 e. The summed E-state index contributed by atoms with van der Waals surface area (Å²) in [5.41, 5.74) is 6.70. The predicted molar refractivity (Wildman–Crippen MR) is 77.1 cm³/mol. The van der Waals surface area contributed by atoms with Gasteiger partial charge in [0, 0.05) is 24.1 Å². The first-order valence-electron chi connectivity index (χ1n) is 7.43. The van der Waals surface area contributed by atoms with Crippen LogP contribution >= 0.6 is 0 Å². The molecule has 0 unspecified atom stereocenters. The van der Waals surface area contributed by atoms with Crippen LogP contribution in [0.15, 0.2) is 11.6 Å². The Morgan fingerprint density at radius 3 is 2.80 bits per heavy atom. The lowest BCUT2D eigenvalue weighted by atomic mass is 9.84. The van der Waals surface area contributed by atoms with Gasteiger partial charge in [-0.1, -0.05) is 13.8 Å². The van der Waals surface area contributed by atoms with Crippen LogP contribution < -0.4 is 5.73 Å². The third-order valence-corrected chi connectivity index (χ3v) is 3.81. The molecule has 0 aromatic rings. The lowest BCUT2D eigenvalue weighted by Crippen LogP contribution is -2.42. The molecule has 0 spiro atoms. The Bertz CT molecular complexity index is 343. The zero-order valence-corrected chi connectivity index (χ0v) is 12.7. The number of hydrogen-bond donors (Lipinski definition) is 2. The van der Waals surface area contributed by atoms with E-state index in [4.69, 9.17) is 20.3 Å². The Hall–Kier alpha value is -0.910. The topological polar surface area (TPSA) is 81.8 Å². The second-order valence-electron chi connectivity index (χ2n) is 5.28. The molecule has 0 saturated carbocycles. The van der Waals surface area contributed by atoms with Crippen LogP contribution in [0.2, 0.25) is 0 Å². The number of ether oxygens (including phenoxy) is 2. The first kappa shape index (κ1) is 17.1. The fourth-order valence-electron chi connectivity index (χ4n) is 2.37. The number of nitrogens with two attached hydrogens (primary N) is 1. The molecule has 0 radical (unpaired) electrons. The molecule has 0 saturated heterocycles. The van der Waals surface area contributed by atoms with Gasteiger partial charge in [-0.2, -0.15) is 0 Å². The minimum absolute atomic E-state index is 0.0163. The van der Waals surface area contributed by atoms with Gasteiger partial charge in [-0.25, -0.2) is 4.79 Å². The summed E-state index contributed by atoms with van der Waals surface area (Å²) < 4.78 is 11.0. The van der Waals surface area contributed by atoms with Crippen molar-refractivity contribution in [2.45, 2.75) is 58.3 Å². The van der Waals surface area contributed by atoms with Gasteiger partial charge in [-0.05, 0) is 32.3 Å². The van der Waals surface area contributed by atoms with Crippen molar-refractivity contribution in [1.29, 1.82) is 0 Å². The van der Waals surface area contributed by atoms with Gasteiger partial charge < -0.3 is 20.3 Å². The maximum absolute atomic E-state index is 11.8. The third-order valence-electron chi connectivity index (χ3n) is 3.81. The summed E-state index contributed by atoms with van der Waals surface area (Å²) in [5.74, 6) is -0.167. The van der Waals surface area contributed by atoms with Crippen LogP contribution in [0.25, 0.3) is 0 Å². The number of esters is 1.